The van der Waals surface area contributed by atoms with Gasteiger partial charge in [0.2, 0.25) is 0 Å². The molecule has 1 aromatic rings. The summed E-state index contributed by atoms with van der Waals surface area (Å²) in [6, 6.07) is 7.65. The molecule has 1 heterocycles. The minimum atomic E-state index is -0.506. The largest absolute Gasteiger partial charge is 0.368 e. The van der Waals surface area contributed by atoms with Crippen LogP contribution in [0.5, 0.6) is 0 Å². The van der Waals surface area contributed by atoms with Gasteiger partial charge in [0, 0.05) is 43.4 Å². The van der Waals surface area contributed by atoms with Gasteiger partial charge < -0.3 is 15.1 Å². The van der Waals surface area contributed by atoms with E-state index in [1.807, 2.05) is 31.2 Å². The van der Waals surface area contributed by atoms with Gasteiger partial charge in [-0.3, -0.25) is 9.59 Å². The number of halogens is 1. The van der Waals surface area contributed by atoms with E-state index in [0.29, 0.717) is 37.7 Å². The van der Waals surface area contributed by atoms with Gasteiger partial charge in [0.05, 0.1) is 0 Å². The highest BCUT2D eigenvalue weighted by Gasteiger charge is 2.25. The first-order valence-corrected chi connectivity index (χ1v) is 7.57. The number of anilines is 1. The minimum absolute atomic E-state index is 0.436. The Morgan fingerprint density at radius 3 is 2.57 bits per heavy atom. The van der Waals surface area contributed by atoms with Gasteiger partial charge in [-0.05, 0) is 24.6 Å². The summed E-state index contributed by atoms with van der Waals surface area (Å²) < 4.78 is 0. The number of nitrogens with zero attached hydrogens (tertiary/aromatic N) is 2. The smallest absolute Gasteiger partial charge is 0.312 e. The third kappa shape index (κ3) is 4.11. The van der Waals surface area contributed by atoms with Crippen molar-refractivity contribution in [2.75, 3.05) is 37.6 Å². The Morgan fingerprint density at radius 2 is 1.95 bits per heavy atom. The molecular weight excluding hydrogens is 290 g/mol. The molecule has 5 nitrogen and oxygen atoms in total. The molecule has 114 valence electrons. The van der Waals surface area contributed by atoms with Gasteiger partial charge in [0.15, 0.2) is 0 Å². The molecule has 1 aliphatic heterocycles. The van der Waals surface area contributed by atoms with Gasteiger partial charge in [0.1, 0.15) is 0 Å². The first-order valence-electron chi connectivity index (χ1n) is 7.19. The molecule has 1 N–H and O–H groups in total. The molecule has 21 heavy (non-hydrogen) atoms. The fourth-order valence-electron chi connectivity index (χ4n) is 2.30. The molecule has 0 spiro atoms. The fraction of sp³-hybridized carbons (Fsp3) is 0.467. The molecule has 1 aromatic carbocycles. The monoisotopic (exact) mass is 309 g/mol. The molecule has 0 aromatic heterocycles. The summed E-state index contributed by atoms with van der Waals surface area (Å²) in [5.74, 6) is -0.942. The standard InChI is InChI=1S/C15H20ClN3O2/c1-2-6-17-14(20)15(21)19-9-7-18(8-10-19)13-5-3-4-12(16)11-13/h3-5,11H,2,6-10H2,1H3,(H,17,20). The predicted molar refractivity (Wildman–Crippen MR) is 83.5 cm³/mol. The maximum Gasteiger partial charge on any atom is 0.312 e. The van der Waals surface area contributed by atoms with Crippen LogP contribution in [0.15, 0.2) is 24.3 Å². The van der Waals surface area contributed by atoms with E-state index in [4.69, 9.17) is 11.6 Å². The second-order valence-electron chi connectivity index (χ2n) is 5.02. The first kappa shape index (κ1) is 15.6. The lowest BCUT2D eigenvalue weighted by Gasteiger charge is -2.35. The second kappa shape index (κ2) is 7.31. The zero-order chi connectivity index (χ0) is 15.2. The van der Waals surface area contributed by atoms with Crippen LogP contribution in [0.1, 0.15) is 13.3 Å². The molecule has 0 aliphatic carbocycles. The Hall–Kier alpha value is -1.75. The first-order chi connectivity index (χ1) is 10.1. The summed E-state index contributed by atoms with van der Waals surface area (Å²) in [5, 5.41) is 3.32. The quantitative estimate of drug-likeness (QED) is 0.861. The van der Waals surface area contributed by atoms with Gasteiger partial charge in [0.25, 0.3) is 0 Å². The van der Waals surface area contributed by atoms with E-state index in [1.54, 1.807) is 4.90 Å². The molecule has 2 rings (SSSR count). The number of hydrogen-bond donors (Lipinski definition) is 1. The van der Waals surface area contributed by atoms with Gasteiger partial charge >= 0.3 is 11.8 Å². The lowest BCUT2D eigenvalue weighted by molar-refractivity contribution is -0.146. The lowest BCUT2D eigenvalue weighted by Crippen LogP contribution is -2.52. The van der Waals surface area contributed by atoms with E-state index in [1.165, 1.54) is 0 Å². The summed E-state index contributed by atoms with van der Waals surface area (Å²) in [6.07, 6.45) is 0.821. The summed E-state index contributed by atoms with van der Waals surface area (Å²) >= 11 is 5.99. The number of piperazine rings is 1. The van der Waals surface area contributed by atoms with E-state index < -0.39 is 11.8 Å². The Labute approximate surface area is 129 Å². The van der Waals surface area contributed by atoms with Crippen molar-refractivity contribution < 1.29 is 9.59 Å². The maximum atomic E-state index is 12.0. The summed E-state index contributed by atoms with van der Waals surface area (Å²) in [7, 11) is 0. The zero-order valence-electron chi connectivity index (χ0n) is 12.1. The third-order valence-electron chi connectivity index (χ3n) is 3.47. The summed E-state index contributed by atoms with van der Waals surface area (Å²) in [4.78, 5) is 27.4. The molecule has 2 amide bonds. The van der Waals surface area contributed by atoms with E-state index in [2.05, 4.69) is 10.2 Å². The minimum Gasteiger partial charge on any atom is -0.368 e. The van der Waals surface area contributed by atoms with Gasteiger partial charge in [-0.15, -0.1) is 0 Å². The Bertz CT molecular complexity index is 513. The van der Waals surface area contributed by atoms with Crippen molar-refractivity contribution in [1.29, 1.82) is 0 Å². The fourth-order valence-corrected chi connectivity index (χ4v) is 2.48. The number of nitrogens with one attached hydrogen (secondary N) is 1. The van der Waals surface area contributed by atoms with Crippen molar-refractivity contribution in [2.24, 2.45) is 0 Å². The molecule has 0 atom stereocenters. The number of hydrogen-bond acceptors (Lipinski definition) is 3. The van der Waals surface area contributed by atoms with Crippen molar-refractivity contribution >= 4 is 29.1 Å². The van der Waals surface area contributed by atoms with E-state index in [0.717, 1.165) is 12.1 Å². The van der Waals surface area contributed by atoms with Crippen molar-refractivity contribution in [3.63, 3.8) is 0 Å². The normalized spacial score (nSPS) is 15.0. The highest BCUT2D eigenvalue weighted by atomic mass is 35.5. The van der Waals surface area contributed by atoms with Crippen LogP contribution in [0, 0.1) is 0 Å². The molecule has 1 saturated heterocycles. The molecule has 0 unspecified atom stereocenters. The van der Waals surface area contributed by atoms with Crippen molar-refractivity contribution in [2.45, 2.75) is 13.3 Å². The highest BCUT2D eigenvalue weighted by Crippen LogP contribution is 2.20. The number of rotatable bonds is 3. The molecule has 1 fully saturated rings. The Balaban J connectivity index is 1.88. The summed E-state index contributed by atoms with van der Waals surface area (Å²) in [6.45, 7) is 4.98. The van der Waals surface area contributed by atoms with Gasteiger partial charge in [-0.1, -0.05) is 24.6 Å². The van der Waals surface area contributed by atoms with Gasteiger partial charge in [-0.2, -0.15) is 0 Å². The van der Waals surface area contributed by atoms with E-state index in [9.17, 15) is 9.59 Å². The number of carbonyl (C=O) groups excluding carboxylic acids is 2. The number of benzene rings is 1. The molecule has 0 radical (unpaired) electrons. The van der Waals surface area contributed by atoms with Crippen LogP contribution < -0.4 is 10.2 Å². The molecule has 1 aliphatic rings. The second-order valence-corrected chi connectivity index (χ2v) is 5.45. The van der Waals surface area contributed by atoms with Crippen molar-refractivity contribution in [3.05, 3.63) is 29.3 Å². The van der Waals surface area contributed by atoms with Crippen LogP contribution in [-0.4, -0.2) is 49.4 Å². The average Bonchev–Trinajstić information content (AvgIpc) is 2.52. The Morgan fingerprint density at radius 1 is 1.24 bits per heavy atom. The van der Waals surface area contributed by atoms with Crippen LogP contribution in [0.2, 0.25) is 5.02 Å². The van der Waals surface area contributed by atoms with Crippen LogP contribution in [0.3, 0.4) is 0 Å². The predicted octanol–water partition coefficient (Wildman–Crippen LogP) is 1.51. The number of amides is 2. The Kier molecular flexibility index (Phi) is 5.44. The van der Waals surface area contributed by atoms with Crippen LogP contribution in [-0.2, 0) is 9.59 Å². The van der Waals surface area contributed by atoms with E-state index in [-0.39, 0.29) is 0 Å². The molecular formula is C15H20ClN3O2. The lowest BCUT2D eigenvalue weighted by atomic mass is 10.2. The van der Waals surface area contributed by atoms with Crippen LogP contribution in [0.4, 0.5) is 5.69 Å². The maximum absolute atomic E-state index is 12.0. The zero-order valence-corrected chi connectivity index (χ0v) is 12.9. The average molecular weight is 310 g/mol. The topological polar surface area (TPSA) is 52.7 Å². The molecule has 0 bridgehead atoms. The van der Waals surface area contributed by atoms with Crippen LogP contribution in [0.25, 0.3) is 0 Å². The SMILES string of the molecule is CCCNC(=O)C(=O)N1CCN(c2cccc(Cl)c2)CC1. The summed E-state index contributed by atoms with van der Waals surface area (Å²) in [5.41, 5.74) is 1.05. The van der Waals surface area contributed by atoms with Crippen molar-refractivity contribution in [1.82, 2.24) is 10.2 Å². The molecule has 0 saturated carbocycles. The van der Waals surface area contributed by atoms with E-state index >= 15 is 0 Å². The molecule has 6 heteroatoms. The third-order valence-corrected chi connectivity index (χ3v) is 3.71. The highest BCUT2D eigenvalue weighted by molar-refractivity contribution is 6.35. The van der Waals surface area contributed by atoms with Gasteiger partial charge in [-0.25, -0.2) is 0 Å². The number of carbonyl (C=O) groups is 2. The van der Waals surface area contributed by atoms with Crippen molar-refractivity contribution in [3.8, 4) is 0 Å². The van der Waals surface area contributed by atoms with Crippen LogP contribution >= 0.6 is 11.6 Å².